The molecular formula is C27H31FN4O4. The highest BCUT2D eigenvalue weighted by Gasteiger charge is 2.45. The van der Waals surface area contributed by atoms with Crippen LogP contribution in [0.4, 0.5) is 4.39 Å². The number of aliphatic carboxylic acids is 1. The molecule has 1 aliphatic carbocycles. The topological polar surface area (TPSA) is 102 Å². The quantitative estimate of drug-likeness (QED) is 0.360. The van der Waals surface area contributed by atoms with Crippen LogP contribution in [0.2, 0.25) is 0 Å². The van der Waals surface area contributed by atoms with Gasteiger partial charge in [-0.25, -0.2) is 9.37 Å². The monoisotopic (exact) mass is 494 g/mol. The number of carbonyl (C=O) groups is 1. The van der Waals surface area contributed by atoms with Gasteiger partial charge < -0.3 is 19.1 Å². The zero-order valence-electron chi connectivity index (χ0n) is 21.2. The SMILES string of the molecule is COCC(C)(C)c1c(C2CC[C@@](C)(C(=O)O)C2)c2nc3[nH]ncc3cc2n1-c1ccc(F)c(OC)c1. The van der Waals surface area contributed by atoms with Crippen LogP contribution in [0, 0.1) is 11.2 Å². The smallest absolute Gasteiger partial charge is 0.309 e. The molecule has 4 aromatic rings. The van der Waals surface area contributed by atoms with Crippen LogP contribution < -0.4 is 4.74 Å². The first kappa shape index (κ1) is 24.2. The number of carboxylic acid groups (broad SMARTS) is 1. The molecule has 1 saturated carbocycles. The summed E-state index contributed by atoms with van der Waals surface area (Å²) in [5.74, 6) is -1.10. The minimum absolute atomic E-state index is 0.0174. The summed E-state index contributed by atoms with van der Waals surface area (Å²) in [5.41, 5.74) is 3.72. The largest absolute Gasteiger partial charge is 0.494 e. The van der Waals surface area contributed by atoms with Gasteiger partial charge in [-0.2, -0.15) is 5.10 Å². The molecule has 8 nitrogen and oxygen atoms in total. The fourth-order valence-electron chi connectivity index (χ4n) is 5.81. The molecule has 0 bridgehead atoms. The highest BCUT2D eigenvalue weighted by atomic mass is 19.1. The molecule has 1 unspecified atom stereocenters. The van der Waals surface area contributed by atoms with Crippen molar-refractivity contribution < 1.29 is 23.8 Å². The maximum atomic E-state index is 14.4. The van der Waals surface area contributed by atoms with Crippen LogP contribution in [0.5, 0.6) is 5.75 Å². The Bertz CT molecular complexity index is 1470. The van der Waals surface area contributed by atoms with Gasteiger partial charge in [0.05, 0.1) is 36.4 Å². The number of H-pyrrole nitrogens is 1. The van der Waals surface area contributed by atoms with Gasteiger partial charge in [0, 0.05) is 40.9 Å². The van der Waals surface area contributed by atoms with Gasteiger partial charge in [0.15, 0.2) is 17.2 Å². The van der Waals surface area contributed by atoms with E-state index >= 15 is 0 Å². The number of ether oxygens (including phenoxy) is 2. The van der Waals surface area contributed by atoms with Crippen molar-refractivity contribution in [2.24, 2.45) is 5.41 Å². The van der Waals surface area contributed by atoms with Crippen molar-refractivity contribution in [3.8, 4) is 11.4 Å². The van der Waals surface area contributed by atoms with E-state index in [0.29, 0.717) is 25.1 Å². The van der Waals surface area contributed by atoms with Gasteiger partial charge in [-0.15, -0.1) is 0 Å². The highest BCUT2D eigenvalue weighted by molar-refractivity contribution is 5.94. The molecule has 36 heavy (non-hydrogen) atoms. The lowest BCUT2D eigenvalue weighted by atomic mass is 9.81. The number of pyridine rings is 1. The van der Waals surface area contributed by atoms with E-state index in [2.05, 4.69) is 28.6 Å². The number of aromatic nitrogens is 4. The van der Waals surface area contributed by atoms with Crippen LogP contribution in [0.1, 0.15) is 57.2 Å². The minimum Gasteiger partial charge on any atom is -0.494 e. The van der Waals surface area contributed by atoms with Crippen LogP contribution in [0.25, 0.3) is 27.8 Å². The van der Waals surface area contributed by atoms with Crippen molar-refractivity contribution in [3.63, 3.8) is 0 Å². The van der Waals surface area contributed by atoms with Crippen molar-refractivity contribution in [3.05, 3.63) is 47.5 Å². The molecular weight excluding hydrogens is 463 g/mol. The minimum atomic E-state index is -0.807. The van der Waals surface area contributed by atoms with Crippen LogP contribution in [-0.2, 0) is 14.9 Å². The third-order valence-corrected chi connectivity index (χ3v) is 7.59. The van der Waals surface area contributed by atoms with Crippen molar-refractivity contribution in [1.29, 1.82) is 0 Å². The molecule has 1 aliphatic rings. The first-order valence-electron chi connectivity index (χ1n) is 12.0. The number of nitrogens with zero attached hydrogens (tertiary/aromatic N) is 3. The van der Waals surface area contributed by atoms with Gasteiger partial charge in [-0.1, -0.05) is 13.8 Å². The fraction of sp³-hybridized carbons (Fsp3) is 0.444. The van der Waals surface area contributed by atoms with Gasteiger partial charge in [0.25, 0.3) is 0 Å². The van der Waals surface area contributed by atoms with E-state index in [4.69, 9.17) is 14.5 Å². The Kier molecular flexibility index (Phi) is 5.78. The van der Waals surface area contributed by atoms with Crippen molar-refractivity contribution in [2.45, 2.75) is 51.4 Å². The fourth-order valence-corrected chi connectivity index (χ4v) is 5.81. The predicted octanol–water partition coefficient (Wildman–Crippen LogP) is 5.33. The molecule has 3 heterocycles. The van der Waals surface area contributed by atoms with Gasteiger partial charge in [0.2, 0.25) is 0 Å². The number of hydrogen-bond acceptors (Lipinski definition) is 5. The summed E-state index contributed by atoms with van der Waals surface area (Å²) in [4.78, 5) is 17.1. The number of aromatic amines is 1. The standard InChI is InChI=1S/C27H31FN4O4/c1-26(2,14-35-4)23-21(15-8-9-27(3,12-15)25(33)34)22-19(10-16-13-29-31-24(16)30-22)32(23)17-6-7-18(28)20(11-17)36-5/h6-7,10-11,13,15H,8-9,12,14H2,1-5H3,(H,33,34)(H,29,30,31)/t15?,27-/m1/s1. The first-order chi connectivity index (χ1) is 17.1. The van der Waals surface area contributed by atoms with E-state index in [1.807, 2.05) is 13.0 Å². The van der Waals surface area contributed by atoms with E-state index in [-0.39, 0.29) is 11.7 Å². The second kappa shape index (κ2) is 8.58. The summed E-state index contributed by atoms with van der Waals surface area (Å²) in [6.07, 6.45) is 3.54. The van der Waals surface area contributed by atoms with Crippen molar-refractivity contribution in [2.75, 3.05) is 20.8 Å². The molecule has 2 N–H and O–H groups in total. The lowest BCUT2D eigenvalue weighted by Gasteiger charge is -2.29. The maximum absolute atomic E-state index is 14.4. The number of methoxy groups -OCH3 is 2. The molecule has 1 fully saturated rings. The molecule has 3 aromatic heterocycles. The molecule has 0 saturated heterocycles. The molecule has 9 heteroatoms. The third-order valence-electron chi connectivity index (χ3n) is 7.59. The van der Waals surface area contributed by atoms with E-state index in [0.717, 1.165) is 39.8 Å². The summed E-state index contributed by atoms with van der Waals surface area (Å²) in [7, 11) is 3.11. The van der Waals surface area contributed by atoms with Crippen molar-refractivity contribution >= 4 is 28.0 Å². The number of nitrogens with one attached hydrogen (secondary N) is 1. The predicted molar refractivity (Wildman–Crippen MR) is 134 cm³/mol. The molecule has 0 radical (unpaired) electrons. The first-order valence-corrected chi connectivity index (χ1v) is 12.0. The Labute approximate surface area is 208 Å². The Balaban J connectivity index is 1.88. The zero-order chi connectivity index (χ0) is 25.8. The van der Waals surface area contributed by atoms with Gasteiger partial charge in [-0.3, -0.25) is 9.89 Å². The second-order valence-corrected chi connectivity index (χ2v) is 10.7. The van der Waals surface area contributed by atoms with E-state index in [1.54, 1.807) is 25.4 Å². The number of fused-ring (bicyclic) bond motifs is 2. The normalized spacial score (nSPS) is 20.4. The number of benzene rings is 1. The Morgan fingerprint density at radius 2 is 2.11 bits per heavy atom. The summed E-state index contributed by atoms with van der Waals surface area (Å²) >= 11 is 0. The highest BCUT2D eigenvalue weighted by Crippen LogP contribution is 2.51. The molecule has 190 valence electrons. The molecule has 5 rings (SSSR count). The zero-order valence-corrected chi connectivity index (χ0v) is 21.2. The lowest BCUT2D eigenvalue weighted by molar-refractivity contribution is -0.147. The number of rotatable bonds is 7. The summed E-state index contributed by atoms with van der Waals surface area (Å²) in [6, 6.07) is 6.83. The third kappa shape index (κ3) is 3.73. The van der Waals surface area contributed by atoms with E-state index in [9.17, 15) is 14.3 Å². The molecule has 1 aromatic carbocycles. The number of hydrogen-bond donors (Lipinski definition) is 2. The molecule has 0 amide bonds. The Morgan fingerprint density at radius 1 is 1.33 bits per heavy atom. The van der Waals surface area contributed by atoms with Gasteiger partial charge in [0.1, 0.15) is 0 Å². The molecule has 0 spiro atoms. The van der Waals surface area contributed by atoms with Crippen LogP contribution in [0.3, 0.4) is 0 Å². The van der Waals surface area contributed by atoms with E-state index in [1.165, 1.54) is 13.2 Å². The number of carboxylic acids is 1. The number of halogens is 1. The Hall–Kier alpha value is -3.46. The average Bonchev–Trinajstić information content (AvgIpc) is 3.53. The average molecular weight is 495 g/mol. The van der Waals surface area contributed by atoms with Crippen LogP contribution in [-0.4, -0.2) is 51.7 Å². The van der Waals surface area contributed by atoms with Crippen LogP contribution in [0.15, 0.2) is 30.5 Å². The van der Waals surface area contributed by atoms with Gasteiger partial charge in [-0.05, 0) is 50.3 Å². The molecule has 2 atom stereocenters. The summed E-state index contributed by atoms with van der Waals surface area (Å²) in [6.45, 7) is 6.45. The Morgan fingerprint density at radius 3 is 2.78 bits per heavy atom. The summed E-state index contributed by atoms with van der Waals surface area (Å²) < 4.78 is 27.4. The molecule has 0 aliphatic heterocycles. The second-order valence-electron chi connectivity index (χ2n) is 10.7. The van der Waals surface area contributed by atoms with E-state index < -0.39 is 22.6 Å². The maximum Gasteiger partial charge on any atom is 0.309 e. The van der Waals surface area contributed by atoms with Crippen LogP contribution >= 0.6 is 0 Å². The van der Waals surface area contributed by atoms with Crippen molar-refractivity contribution in [1.82, 2.24) is 19.7 Å². The summed E-state index contributed by atoms with van der Waals surface area (Å²) in [5, 5.41) is 17.9. The lowest BCUT2D eigenvalue weighted by Crippen LogP contribution is -2.29. The van der Waals surface area contributed by atoms with Gasteiger partial charge >= 0.3 is 5.97 Å².